The van der Waals surface area contributed by atoms with Gasteiger partial charge in [0.25, 0.3) is 15.9 Å². The number of carbonyl (C=O) groups is 1. The van der Waals surface area contributed by atoms with E-state index < -0.39 is 15.9 Å². The van der Waals surface area contributed by atoms with Crippen LogP contribution in [-0.4, -0.2) is 14.3 Å². The molecule has 0 radical (unpaired) electrons. The van der Waals surface area contributed by atoms with Crippen molar-refractivity contribution in [1.29, 1.82) is 0 Å². The molecule has 0 aliphatic rings. The maximum absolute atomic E-state index is 12.0. The predicted molar refractivity (Wildman–Crippen MR) is 85.6 cm³/mol. The fourth-order valence-electron chi connectivity index (χ4n) is 1.47. The van der Waals surface area contributed by atoms with Gasteiger partial charge in [-0.15, -0.1) is 11.3 Å². The summed E-state index contributed by atoms with van der Waals surface area (Å²) in [5.41, 5.74) is 1.24. The zero-order valence-corrected chi connectivity index (χ0v) is 15.0. The van der Waals surface area contributed by atoms with Crippen molar-refractivity contribution >= 4 is 59.1 Å². The van der Waals surface area contributed by atoms with E-state index in [1.54, 1.807) is 24.3 Å². The van der Waals surface area contributed by atoms with Crippen molar-refractivity contribution in [2.24, 2.45) is 0 Å². The SMILES string of the molecule is Cc1ccc(C(=O)NS(=O)(=O)c2ccc(Br)s2)c(Br)c1. The fourth-order valence-corrected chi connectivity index (χ4v) is 5.12. The van der Waals surface area contributed by atoms with E-state index in [2.05, 4.69) is 36.6 Å². The van der Waals surface area contributed by atoms with Crippen LogP contribution in [-0.2, 0) is 10.0 Å². The van der Waals surface area contributed by atoms with Gasteiger partial charge in [-0.1, -0.05) is 6.07 Å². The van der Waals surface area contributed by atoms with Gasteiger partial charge in [-0.05, 0) is 68.6 Å². The molecule has 1 aromatic heterocycles. The second-order valence-electron chi connectivity index (χ2n) is 3.98. The van der Waals surface area contributed by atoms with Gasteiger partial charge >= 0.3 is 0 Å². The summed E-state index contributed by atoms with van der Waals surface area (Å²) in [5.74, 6) is -0.665. The van der Waals surface area contributed by atoms with Crippen LogP contribution in [0.3, 0.4) is 0 Å². The number of hydrogen-bond donors (Lipinski definition) is 1. The number of sulfonamides is 1. The van der Waals surface area contributed by atoms with Gasteiger partial charge in [-0.2, -0.15) is 0 Å². The Morgan fingerprint density at radius 1 is 1.20 bits per heavy atom. The number of aryl methyl sites for hydroxylation is 1. The average molecular weight is 439 g/mol. The molecule has 2 aromatic rings. The van der Waals surface area contributed by atoms with Crippen LogP contribution in [0.5, 0.6) is 0 Å². The summed E-state index contributed by atoms with van der Waals surface area (Å²) in [4.78, 5) is 12.0. The molecule has 1 amide bonds. The van der Waals surface area contributed by atoms with Crippen molar-refractivity contribution in [3.05, 3.63) is 49.7 Å². The summed E-state index contributed by atoms with van der Waals surface area (Å²) >= 11 is 7.49. The Morgan fingerprint density at radius 2 is 1.90 bits per heavy atom. The monoisotopic (exact) mass is 437 g/mol. The first-order valence-corrected chi connectivity index (χ1v) is 9.27. The van der Waals surface area contributed by atoms with E-state index in [0.29, 0.717) is 8.26 Å². The standard InChI is InChI=1S/C12H9Br2NO3S2/c1-7-2-3-8(9(13)6-7)12(16)15-20(17,18)11-5-4-10(14)19-11/h2-6H,1H3,(H,15,16). The van der Waals surface area contributed by atoms with Crippen molar-refractivity contribution in [3.8, 4) is 0 Å². The Labute approximate surface area is 137 Å². The molecule has 0 bridgehead atoms. The number of thiophene rings is 1. The van der Waals surface area contributed by atoms with Gasteiger partial charge in [0.15, 0.2) is 0 Å². The number of halogens is 2. The van der Waals surface area contributed by atoms with E-state index in [9.17, 15) is 13.2 Å². The largest absolute Gasteiger partial charge is 0.273 e. The van der Waals surface area contributed by atoms with Crippen LogP contribution in [0.2, 0.25) is 0 Å². The first kappa shape index (κ1) is 15.7. The quantitative estimate of drug-likeness (QED) is 0.794. The van der Waals surface area contributed by atoms with Crippen molar-refractivity contribution in [1.82, 2.24) is 4.72 Å². The van der Waals surface area contributed by atoms with Crippen LogP contribution < -0.4 is 4.72 Å². The number of rotatable bonds is 3. The van der Waals surface area contributed by atoms with E-state index in [1.807, 2.05) is 6.92 Å². The zero-order chi connectivity index (χ0) is 14.9. The highest BCUT2D eigenvalue weighted by molar-refractivity contribution is 9.11. The molecule has 106 valence electrons. The normalized spacial score (nSPS) is 11.3. The Kier molecular flexibility index (Phi) is 4.68. The van der Waals surface area contributed by atoms with Crippen LogP contribution in [0.15, 0.2) is 42.8 Å². The average Bonchev–Trinajstić information content (AvgIpc) is 2.75. The van der Waals surface area contributed by atoms with Crippen molar-refractivity contribution in [2.75, 3.05) is 0 Å². The van der Waals surface area contributed by atoms with Gasteiger partial charge in [-0.3, -0.25) is 4.79 Å². The molecular weight excluding hydrogens is 430 g/mol. The van der Waals surface area contributed by atoms with E-state index >= 15 is 0 Å². The van der Waals surface area contributed by atoms with Crippen LogP contribution in [0, 0.1) is 6.92 Å². The Morgan fingerprint density at radius 3 is 2.45 bits per heavy atom. The van der Waals surface area contributed by atoms with Gasteiger partial charge in [0, 0.05) is 4.47 Å². The fraction of sp³-hybridized carbons (Fsp3) is 0.0833. The van der Waals surface area contributed by atoms with Crippen LogP contribution in [0.25, 0.3) is 0 Å². The first-order chi connectivity index (χ1) is 9.29. The van der Waals surface area contributed by atoms with Crippen LogP contribution in [0.4, 0.5) is 0 Å². The minimum absolute atomic E-state index is 0.0842. The second-order valence-corrected chi connectivity index (χ2v) is 9.20. The summed E-state index contributed by atoms with van der Waals surface area (Å²) in [5, 5.41) is 0. The molecule has 0 spiro atoms. The van der Waals surface area contributed by atoms with Gasteiger partial charge in [0.05, 0.1) is 9.35 Å². The van der Waals surface area contributed by atoms with Gasteiger partial charge < -0.3 is 0 Å². The highest BCUT2D eigenvalue weighted by Gasteiger charge is 2.21. The molecule has 1 N–H and O–H groups in total. The van der Waals surface area contributed by atoms with E-state index in [1.165, 1.54) is 6.07 Å². The smallest absolute Gasteiger partial charge is 0.268 e. The zero-order valence-electron chi connectivity index (χ0n) is 10.2. The number of hydrogen-bond acceptors (Lipinski definition) is 4. The molecule has 0 fully saturated rings. The lowest BCUT2D eigenvalue weighted by molar-refractivity contribution is 0.0980. The molecule has 0 saturated carbocycles. The van der Waals surface area contributed by atoms with Gasteiger partial charge in [-0.25, -0.2) is 13.1 Å². The third-order valence-corrected chi connectivity index (χ3v) is 6.51. The third kappa shape index (κ3) is 3.49. The first-order valence-electron chi connectivity index (χ1n) is 5.38. The Bertz CT molecular complexity index is 769. The van der Waals surface area contributed by atoms with Crippen LogP contribution >= 0.6 is 43.2 Å². The van der Waals surface area contributed by atoms with Gasteiger partial charge in [0.1, 0.15) is 4.21 Å². The minimum Gasteiger partial charge on any atom is -0.268 e. The topological polar surface area (TPSA) is 63.2 Å². The molecule has 0 aliphatic carbocycles. The Balaban J connectivity index is 2.27. The Hall–Kier alpha value is -0.700. The third-order valence-electron chi connectivity index (χ3n) is 2.41. The second kappa shape index (κ2) is 5.97. The summed E-state index contributed by atoms with van der Waals surface area (Å²) in [7, 11) is -3.85. The molecular formula is C12H9Br2NO3S2. The maximum Gasteiger partial charge on any atom is 0.273 e. The van der Waals surface area contributed by atoms with E-state index in [-0.39, 0.29) is 9.77 Å². The summed E-state index contributed by atoms with van der Waals surface area (Å²) in [6, 6.07) is 8.13. The molecule has 0 aliphatic heterocycles. The molecule has 20 heavy (non-hydrogen) atoms. The van der Waals surface area contributed by atoms with Gasteiger partial charge in [0.2, 0.25) is 0 Å². The van der Waals surface area contributed by atoms with E-state index in [0.717, 1.165) is 16.9 Å². The molecule has 0 atom stereocenters. The molecule has 1 aromatic carbocycles. The number of benzene rings is 1. The number of carbonyl (C=O) groups excluding carboxylic acids is 1. The number of nitrogens with one attached hydrogen (secondary N) is 1. The molecule has 2 rings (SSSR count). The highest BCUT2D eigenvalue weighted by Crippen LogP contribution is 2.26. The molecule has 0 saturated heterocycles. The van der Waals surface area contributed by atoms with Crippen LogP contribution in [0.1, 0.15) is 15.9 Å². The lowest BCUT2D eigenvalue weighted by Crippen LogP contribution is -2.30. The summed E-state index contributed by atoms with van der Waals surface area (Å²) in [6.45, 7) is 1.88. The van der Waals surface area contributed by atoms with Crippen molar-refractivity contribution < 1.29 is 13.2 Å². The highest BCUT2D eigenvalue weighted by atomic mass is 79.9. The lowest BCUT2D eigenvalue weighted by atomic mass is 10.1. The molecule has 4 nitrogen and oxygen atoms in total. The lowest BCUT2D eigenvalue weighted by Gasteiger charge is -2.07. The number of amides is 1. The molecule has 8 heteroatoms. The molecule has 1 heterocycles. The van der Waals surface area contributed by atoms with Crippen molar-refractivity contribution in [3.63, 3.8) is 0 Å². The summed E-state index contributed by atoms with van der Waals surface area (Å²) < 4.78 is 27.5. The summed E-state index contributed by atoms with van der Waals surface area (Å²) in [6.07, 6.45) is 0. The minimum atomic E-state index is -3.85. The predicted octanol–water partition coefficient (Wildman–Crippen LogP) is 3.70. The van der Waals surface area contributed by atoms with Crippen molar-refractivity contribution in [2.45, 2.75) is 11.1 Å². The maximum atomic E-state index is 12.0. The van der Waals surface area contributed by atoms with E-state index in [4.69, 9.17) is 0 Å². The molecule has 0 unspecified atom stereocenters.